The second kappa shape index (κ2) is 7.84. The molecule has 0 aliphatic carbocycles. The quantitative estimate of drug-likeness (QED) is 0.422. The van der Waals surface area contributed by atoms with Gasteiger partial charge in [-0.2, -0.15) is 9.97 Å². The number of aromatic nitrogens is 3. The normalized spacial score (nSPS) is 11.6. The summed E-state index contributed by atoms with van der Waals surface area (Å²) >= 11 is 5.99. The summed E-state index contributed by atoms with van der Waals surface area (Å²) in [5.74, 6) is -3.35. The predicted octanol–water partition coefficient (Wildman–Crippen LogP) is 3.75. The van der Waals surface area contributed by atoms with Gasteiger partial charge in [0.15, 0.2) is 5.65 Å². The number of nitrogens with two attached hydrogens (primary N) is 1. The third kappa shape index (κ3) is 3.76. The molecule has 1 amide bonds. The number of carbonyl (C=O) groups excluding carboxylic acids is 1. The lowest BCUT2D eigenvalue weighted by atomic mass is 10.1. The molecule has 0 fully saturated rings. The molecule has 12 heteroatoms. The molecule has 0 unspecified atom stereocenters. The molecule has 32 heavy (non-hydrogen) atoms. The van der Waals surface area contributed by atoms with E-state index in [1.165, 1.54) is 24.4 Å². The van der Waals surface area contributed by atoms with Crippen LogP contribution in [0.15, 0.2) is 53.6 Å². The first-order valence-corrected chi connectivity index (χ1v) is 10.8. The Morgan fingerprint density at radius 2 is 1.81 bits per heavy atom. The molecule has 3 N–H and O–H groups in total. The fourth-order valence-electron chi connectivity index (χ4n) is 3.13. The van der Waals surface area contributed by atoms with Crippen LogP contribution in [0.5, 0.6) is 0 Å². The molecule has 0 aliphatic rings. The summed E-state index contributed by atoms with van der Waals surface area (Å²) in [4.78, 5) is 19.7. The van der Waals surface area contributed by atoms with Gasteiger partial charge in [0.25, 0.3) is 15.9 Å². The van der Waals surface area contributed by atoms with Crippen LogP contribution in [-0.2, 0) is 10.0 Å². The highest BCUT2D eigenvalue weighted by Crippen LogP contribution is 2.31. The van der Waals surface area contributed by atoms with Gasteiger partial charge in [0.05, 0.1) is 21.5 Å². The zero-order valence-electron chi connectivity index (χ0n) is 16.3. The van der Waals surface area contributed by atoms with Crippen molar-refractivity contribution < 1.29 is 22.0 Å². The molecule has 2 heterocycles. The Kier molecular flexibility index (Phi) is 5.31. The van der Waals surface area contributed by atoms with Crippen LogP contribution < -0.4 is 11.1 Å². The zero-order chi connectivity index (χ0) is 23.2. The van der Waals surface area contributed by atoms with Gasteiger partial charge in [-0.15, -0.1) is 0 Å². The molecular weight excluding hydrogens is 464 g/mol. The minimum absolute atomic E-state index is 0.0214. The summed E-state index contributed by atoms with van der Waals surface area (Å²) in [5.41, 5.74) is 5.11. The highest BCUT2D eigenvalue weighted by molar-refractivity contribution is 7.90. The van der Waals surface area contributed by atoms with E-state index in [0.717, 1.165) is 15.6 Å². The Balaban J connectivity index is 1.88. The van der Waals surface area contributed by atoms with E-state index >= 15 is 0 Å². The smallest absolute Gasteiger partial charge is 0.269 e. The van der Waals surface area contributed by atoms with E-state index in [-0.39, 0.29) is 32.7 Å². The third-order valence-corrected chi connectivity index (χ3v) is 6.47. The van der Waals surface area contributed by atoms with Crippen molar-refractivity contribution in [3.8, 4) is 0 Å². The fourth-order valence-corrected chi connectivity index (χ4v) is 4.59. The highest BCUT2D eigenvalue weighted by Gasteiger charge is 2.23. The predicted molar refractivity (Wildman–Crippen MR) is 114 cm³/mol. The second-order valence-electron chi connectivity index (χ2n) is 6.81. The number of benzene rings is 2. The minimum atomic E-state index is -4.03. The second-order valence-corrected chi connectivity index (χ2v) is 8.96. The Bertz CT molecular complexity index is 1490. The Labute approximate surface area is 185 Å². The Morgan fingerprint density at radius 3 is 2.47 bits per heavy atom. The van der Waals surface area contributed by atoms with E-state index in [0.29, 0.717) is 6.07 Å². The number of primary amides is 1. The first kappa shape index (κ1) is 21.7. The number of aryl methyl sites for hydroxylation is 1. The molecule has 4 aromatic rings. The number of nitrogens with zero attached hydrogens (tertiary/aromatic N) is 3. The van der Waals surface area contributed by atoms with Crippen molar-refractivity contribution >= 4 is 50.1 Å². The van der Waals surface area contributed by atoms with Crippen LogP contribution in [0.3, 0.4) is 0 Å². The number of halogens is 3. The SMILES string of the molecule is Cc1ccc(S(=O)(=O)n2ccc3c(Nc4cc(F)cc(F)c4C(N)=O)nc(Cl)nc32)cc1. The molecule has 8 nitrogen and oxygen atoms in total. The number of amides is 1. The van der Waals surface area contributed by atoms with Gasteiger partial charge in [-0.05, 0) is 42.8 Å². The number of anilines is 2. The Hall–Kier alpha value is -3.57. The summed E-state index contributed by atoms with van der Waals surface area (Å²) in [6.07, 6.45) is 1.25. The van der Waals surface area contributed by atoms with Crippen molar-refractivity contribution in [1.29, 1.82) is 0 Å². The molecule has 2 aromatic heterocycles. The van der Waals surface area contributed by atoms with E-state index in [2.05, 4.69) is 15.3 Å². The van der Waals surface area contributed by atoms with E-state index in [1.807, 2.05) is 6.92 Å². The summed E-state index contributed by atoms with van der Waals surface area (Å²) in [5, 5.41) is 2.44. The largest absolute Gasteiger partial charge is 0.365 e. The van der Waals surface area contributed by atoms with Crippen LogP contribution in [0.4, 0.5) is 20.3 Å². The van der Waals surface area contributed by atoms with E-state index in [1.54, 1.807) is 12.1 Å². The van der Waals surface area contributed by atoms with Crippen molar-refractivity contribution in [1.82, 2.24) is 13.9 Å². The number of nitrogens with one attached hydrogen (secondary N) is 1. The van der Waals surface area contributed by atoms with Crippen LogP contribution in [0.25, 0.3) is 11.0 Å². The number of fused-ring (bicyclic) bond motifs is 1. The first-order valence-electron chi connectivity index (χ1n) is 9.00. The summed E-state index contributed by atoms with van der Waals surface area (Å²) in [7, 11) is -4.03. The fraction of sp³-hybridized carbons (Fsp3) is 0.0500. The van der Waals surface area contributed by atoms with Gasteiger partial charge in [-0.25, -0.2) is 21.2 Å². The summed E-state index contributed by atoms with van der Waals surface area (Å²) in [6, 6.07) is 8.96. The topological polar surface area (TPSA) is 120 Å². The number of carbonyl (C=O) groups is 1. The summed E-state index contributed by atoms with van der Waals surface area (Å²) in [6.45, 7) is 1.82. The lowest BCUT2D eigenvalue weighted by Gasteiger charge is -2.12. The van der Waals surface area contributed by atoms with Crippen molar-refractivity contribution in [3.63, 3.8) is 0 Å². The number of hydrogen-bond acceptors (Lipinski definition) is 6. The molecule has 0 atom stereocenters. The van der Waals surface area contributed by atoms with Crippen LogP contribution >= 0.6 is 11.6 Å². The molecule has 0 spiro atoms. The standard InChI is InChI=1S/C20H14ClF2N5O3S/c1-10-2-4-12(5-3-10)32(30,31)28-7-6-13-18(26-20(21)27-19(13)28)25-15-9-11(22)8-14(23)16(15)17(24)29/h2-9H,1H3,(H2,24,29)(H,25,26,27). The number of hydrogen-bond donors (Lipinski definition) is 2. The van der Waals surface area contributed by atoms with Gasteiger partial charge in [0, 0.05) is 12.3 Å². The van der Waals surface area contributed by atoms with Gasteiger partial charge in [-0.1, -0.05) is 17.7 Å². The molecule has 0 saturated carbocycles. The van der Waals surface area contributed by atoms with Gasteiger partial charge < -0.3 is 11.1 Å². The zero-order valence-corrected chi connectivity index (χ0v) is 17.9. The lowest BCUT2D eigenvalue weighted by Crippen LogP contribution is -2.16. The van der Waals surface area contributed by atoms with Crippen LogP contribution in [0.2, 0.25) is 5.28 Å². The van der Waals surface area contributed by atoms with Crippen LogP contribution in [-0.4, -0.2) is 28.3 Å². The Morgan fingerprint density at radius 1 is 1.12 bits per heavy atom. The number of rotatable bonds is 5. The van der Waals surface area contributed by atoms with E-state index in [4.69, 9.17) is 17.3 Å². The maximum atomic E-state index is 14.1. The van der Waals surface area contributed by atoms with Crippen molar-refractivity contribution in [2.75, 3.05) is 5.32 Å². The average molecular weight is 478 g/mol. The molecule has 0 radical (unpaired) electrons. The third-order valence-electron chi connectivity index (χ3n) is 4.62. The summed E-state index contributed by atoms with van der Waals surface area (Å²) < 4.78 is 55.0. The van der Waals surface area contributed by atoms with Gasteiger partial charge >= 0.3 is 0 Å². The van der Waals surface area contributed by atoms with Gasteiger partial charge in [-0.3, -0.25) is 4.79 Å². The molecule has 2 aromatic carbocycles. The maximum Gasteiger partial charge on any atom is 0.269 e. The molecule has 164 valence electrons. The van der Waals surface area contributed by atoms with E-state index < -0.39 is 33.1 Å². The highest BCUT2D eigenvalue weighted by atomic mass is 35.5. The average Bonchev–Trinajstić information content (AvgIpc) is 3.12. The van der Waals surface area contributed by atoms with Crippen LogP contribution in [0.1, 0.15) is 15.9 Å². The van der Waals surface area contributed by atoms with E-state index in [9.17, 15) is 22.0 Å². The molecule has 0 bridgehead atoms. The van der Waals surface area contributed by atoms with Gasteiger partial charge in [0.1, 0.15) is 17.5 Å². The lowest BCUT2D eigenvalue weighted by molar-refractivity contribution is 0.0997. The van der Waals surface area contributed by atoms with Crippen molar-refractivity contribution in [2.24, 2.45) is 5.73 Å². The minimum Gasteiger partial charge on any atom is -0.365 e. The molecule has 0 saturated heterocycles. The molecule has 0 aliphatic heterocycles. The molecule has 4 rings (SSSR count). The molecular formula is C20H14ClF2N5O3S. The van der Waals surface area contributed by atoms with Crippen molar-refractivity contribution in [3.05, 3.63) is 76.7 Å². The monoisotopic (exact) mass is 477 g/mol. The first-order chi connectivity index (χ1) is 15.1. The maximum absolute atomic E-state index is 14.1. The van der Waals surface area contributed by atoms with Crippen molar-refractivity contribution in [2.45, 2.75) is 11.8 Å². The van der Waals surface area contributed by atoms with Crippen LogP contribution in [0, 0.1) is 18.6 Å². The van der Waals surface area contributed by atoms with Gasteiger partial charge in [0.2, 0.25) is 5.28 Å².